The van der Waals surface area contributed by atoms with Gasteiger partial charge in [0, 0.05) is 11.6 Å². The number of hydrogen-bond donors (Lipinski definition) is 1. The summed E-state index contributed by atoms with van der Waals surface area (Å²) in [5.74, 6) is -1.66. The van der Waals surface area contributed by atoms with E-state index in [0.717, 1.165) is 23.8 Å². The van der Waals surface area contributed by atoms with Crippen molar-refractivity contribution in [2.75, 3.05) is 0 Å². The summed E-state index contributed by atoms with van der Waals surface area (Å²) >= 11 is 0. The Kier molecular flexibility index (Phi) is 4.19. The van der Waals surface area contributed by atoms with Crippen LogP contribution < -0.4 is 5.32 Å². The molecule has 0 fully saturated rings. The van der Waals surface area contributed by atoms with Gasteiger partial charge >= 0.3 is 0 Å². The summed E-state index contributed by atoms with van der Waals surface area (Å²) in [7, 11) is 0. The van der Waals surface area contributed by atoms with Gasteiger partial charge in [0.25, 0.3) is 5.91 Å². The highest BCUT2D eigenvalue weighted by Crippen LogP contribution is 2.23. The second-order valence-corrected chi connectivity index (χ2v) is 4.99. The van der Waals surface area contributed by atoms with Crippen LogP contribution in [-0.4, -0.2) is 5.91 Å². The van der Waals surface area contributed by atoms with E-state index in [2.05, 4.69) is 5.32 Å². The minimum absolute atomic E-state index is 0.0880. The Balaban J connectivity index is 1.91. The number of rotatable bonds is 4. The van der Waals surface area contributed by atoms with E-state index in [4.69, 9.17) is 4.42 Å². The highest BCUT2D eigenvalue weighted by atomic mass is 19.1. The van der Waals surface area contributed by atoms with Crippen molar-refractivity contribution >= 4 is 5.91 Å². The zero-order valence-corrected chi connectivity index (χ0v) is 12.0. The molecular weight excluding hydrogens is 300 g/mol. The summed E-state index contributed by atoms with van der Waals surface area (Å²) in [6.07, 6.45) is 1.50. The standard InChI is InChI=1S/C18H13F2NO2/c19-14-9-13(10-15(20)11-14)18(22)21-17(16-7-4-8-23-16)12-5-2-1-3-6-12/h1-11,17H,(H,21,22)/t17-/m0/s1. The van der Waals surface area contributed by atoms with E-state index in [0.29, 0.717) is 5.76 Å². The van der Waals surface area contributed by atoms with Gasteiger partial charge in [0.1, 0.15) is 23.4 Å². The summed E-state index contributed by atoms with van der Waals surface area (Å²) in [5, 5.41) is 2.74. The van der Waals surface area contributed by atoms with Crippen molar-refractivity contribution in [1.29, 1.82) is 0 Å². The molecule has 116 valence electrons. The monoisotopic (exact) mass is 313 g/mol. The van der Waals surface area contributed by atoms with Crippen LogP contribution in [0.15, 0.2) is 71.3 Å². The quantitative estimate of drug-likeness (QED) is 0.788. The normalized spacial score (nSPS) is 11.9. The van der Waals surface area contributed by atoms with Crippen LogP contribution in [0, 0.1) is 11.6 Å². The first-order valence-corrected chi connectivity index (χ1v) is 6.99. The van der Waals surface area contributed by atoms with Gasteiger partial charge < -0.3 is 9.73 Å². The van der Waals surface area contributed by atoms with Crippen molar-refractivity contribution < 1.29 is 18.0 Å². The topological polar surface area (TPSA) is 42.2 Å². The van der Waals surface area contributed by atoms with Gasteiger partial charge in [-0.3, -0.25) is 4.79 Å². The van der Waals surface area contributed by atoms with E-state index in [1.807, 2.05) is 30.3 Å². The molecular formula is C18H13F2NO2. The molecule has 1 heterocycles. The molecule has 23 heavy (non-hydrogen) atoms. The van der Waals surface area contributed by atoms with Crippen molar-refractivity contribution in [1.82, 2.24) is 5.32 Å². The maximum atomic E-state index is 13.3. The highest BCUT2D eigenvalue weighted by molar-refractivity contribution is 5.94. The molecule has 3 rings (SSSR count). The number of carbonyl (C=O) groups is 1. The average molecular weight is 313 g/mol. The lowest BCUT2D eigenvalue weighted by molar-refractivity contribution is 0.0938. The van der Waals surface area contributed by atoms with Crippen molar-refractivity contribution in [3.8, 4) is 0 Å². The number of benzene rings is 2. The Morgan fingerprint density at radius 2 is 1.65 bits per heavy atom. The lowest BCUT2D eigenvalue weighted by Crippen LogP contribution is -2.29. The molecule has 2 aromatic carbocycles. The van der Waals surface area contributed by atoms with E-state index >= 15 is 0 Å². The number of halogens is 2. The smallest absolute Gasteiger partial charge is 0.252 e. The van der Waals surface area contributed by atoms with Crippen LogP contribution in [0.25, 0.3) is 0 Å². The molecule has 1 atom stereocenters. The molecule has 0 saturated carbocycles. The molecule has 0 spiro atoms. The van der Waals surface area contributed by atoms with E-state index < -0.39 is 23.6 Å². The summed E-state index contributed by atoms with van der Waals surface area (Å²) in [6.45, 7) is 0. The maximum absolute atomic E-state index is 13.3. The summed E-state index contributed by atoms with van der Waals surface area (Å²) in [4.78, 5) is 12.3. The molecule has 1 aromatic heterocycles. The third kappa shape index (κ3) is 3.45. The first-order valence-electron chi connectivity index (χ1n) is 6.99. The molecule has 0 saturated heterocycles. The fraction of sp³-hybridized carbons (Fsp3) is 0.0556. The predicted molar refractivity (Wildman–Crippen MR) is 80.8 cm³/mol. The van der Waals surface area contributed by atoms with Crippen LogP contribution in [0.1, 0.15) is 27.7 Å². The lowest BCUT2D eigenvalue weighted by atomic mass is 10.0. The number of nitrogens with one attached hydrogen (secondary N) is 1. The number of hydrogen-bond acceptors (Lipinski definition) is 2. The van der Waals surface area contributed by atoms with E-state index in [-0.39, 0.29) is 5.56 Å². The number of amides is 1. The van der Waals surface area contributed by atoms with E-state index in [1.54, 1.807) is 12.1 Å². The average Bonchev–Trinajstić information content (AvgIpc) is 3.06. The van der Waals surface area contributed by atoms with Crippen molar-refractivity contribution in [2.45, 2.75) is 6.04 Å². The van der Waals surface area contributed by atoms with Gasteiger partial charge in [0.2, 0.25) is 0 Å². The van der Waals surface area contributed by atoms with Gasteiger partial charge in [0.05, 0.1) is 6.26 Å². The molecule has 1 N–H and O–H groups in total. The van der Waals surface area contributed by atoms with E-state index in [1.165, 1.54) is 6.26 Å². The number of carbonyl (C=O) groups excluding carboxylic acids is 1. The zero-order chi connectivity index (χ0) is 16.2. The van der Waals surface area contributed by atoms with Crippen LogP contribution in [-0.2, 0) is 0 Å². The van der Waals surface area contributed by atoms with E-state index in [9.17, 15) is 13.6 Å². The minimum Gasteiger partial charge on any atom is -0.467 e. The van der Waals surface area contributed by atoms with Crippen LogP contribution in [0.4, 0.5) is 8.78 Å². The largest absolute Gasteiger partial charge is 0.467 e. The number of furan rings is 1. The predicted octanol–water partition coefficient (Wildman–Crippen LogP) is 4.08. The molecule has 0 aliphatic heterocycles. The minimum atomic E-state index is -0.801. The van der Waals surface area contributed by atoms with Crippen molar-refractivity contribution in [3.05, 3.63) is 95.4 Å². The zero-order valence-electron chi connectivity index (χ0n) is 12.0. The first kappa shape index (κ1) is 15.0. The Labute approximate surface area is 131 Å². The van der Waals surface area contributed by atoms with Gasteiger partial charge in [0.15, 0.2) is 0 Å². The molecule has 0 bridgehead atoms. The maximum Gasteiger partial charge on any atom is 0.252 e. The van der Waals surface area contributed by atoms with Crippen LogP contribution in [0.3, 0.4) is 0 Å². The Hall–Kier alpha value is -2.95. The second-order valence-electron chi connectivity index (χ2n) is 4.99. The molecule has 0 aliphatic carbocycles. The molecule has 1 amide bonds. The fourth-order valence-electron chi connectivity index (χ4n) is 2.32. The molecule has 0 radical (unpaired) electrons. The van der Waals surface area contributed by atoms with Gasteiger partial charge in [-0.05, 0) is 29.8 Å². The summed E-state index contributed by atoms with van der Waals surface area (Å²) < 4.78 is 31.9. The van der Waals surface area contributed by atoms with Gasteiger partial charge in [-0.25, -0.2) is 8.78 Å². The van der Waals surface area contributed by atoms with Crippen molar-refractivity contribution in [3.63, 3.8) is 0 Å². The third-order valence-electron chi connectivity index (χ3n) is 3.36. The first-order chi connectivity index (χ1) is 11.1. The fourth-order valence-corrected chi connectivity index (χ4v) is 2.32. The SMILES string of the molecule is O=C(N[C@@H](c1ccccc1)c1ccco1)c1cc(F)cc(F)c1. The van der Waals surface area contributed by atoms with Crippen LogP contribution in [0.2, 0.25) is 0 Å². The highest BCUT2D eigenvalue weighted by Gasteiger charge is 2.20. The molecule has 0 aliphatic rings. The molecule has 5 heteroatoms. The van der Waals surface area contributed by atoms with Gasteiger partial charge in [-0.2, -0.15) is 0 Å². The van der Waals surface area contributed by atoms with Crippen molar-refractivity contribution in [2.24, 2.45) is 0 Å². The molecule has 0 unspecified atom stereocenters. The van der Waals surface area contributed by atoms with Gasteiger partial charge in [-0.15, -0.1) is 0 Å². The summed E-state index contributed by atoms with van der Waals surface area (Å²) in [5.41, 5.74) is 0.711. The molecule has 3 aromatic rings. The Morgan fingerprint density at radius 1 is 0.957 bits per heavy atom. The second kappa shape index (κ2) is 6.44. The lowest BCUT2D eigenvalue weighted by Gasteiger charge is -2.17. The van der Waals surface area contributed by atoms with Crippen LogP contribution >= 0.6 is 0 Å². The summed E-state index contributed by atoms with van der Waals surface area (Å²) in [6, 6.07) is 14.8. The Morgan fingerprint density at radius 3 is 2.26 bits per heavy atom. The van der Waals surface area contributed by atoms with Gasteiger partial charge in [-0.1, -0.05) is 30.3 Å². The Bertz CT molecular complexity index is 781. The third-order valence-corrected chi connectivity index (χ3v) is 3.36. The molecule has 3 nitrogen and oxygen atoms in total. The van der Waals surface area contributed by atoms with Crippen LogP contribution in [0.5, 0.6) is 0 Å².